The van der Waals surface area contributed by atoms with Crippen LogP contribution in [0.4, 0.5) is 5.69 Å². The van der Waals surface area contributed by atoms with Crippen molar-refractivity contribution in [3.63, 3.8) is 0 Å². The number of hydrogen-bond acceptors (Lipinski definition) is 3. The molecule has 0 spiro atoms. The Kier molecular flexibility index (Phi) is 5.67. The van der Waals surface area contributed by atoms with E-state index in [1.54, 1.807) is 23.1 Å². The van der Waals surface area contributed by atoms with Crippen LogP contribution in [0, 0.1) is 0 Å². The lowest BCUT2D eigenvalue weighted by Crippen LogP contribution is -2.47. The summed E-state index contributed by atoms with van der Waals surface area (Å²) in [5.41, 5.74) is 0.672. The molecule has 1 aliphatic heterocycles. The van der Waals surface area contributed by atoms with Crippen molar-refractivity contribution in [2.45, 2.75) is 38.3 Å². The lowest BCUT2D eigenvalue weighted by atomic mass is 10.1. The van der Waals surface area contributed by atoms with Gasteiger partial charge in [-0.15, -0.1) is 0 Å². The van der Waals surface area contributed by atoms with Crippen molar-refractivity contribution in [2.75, 3.05) is 11.4 Å². The quantitative estimate of drug-likeness (QED) is 0.832. The first-order chi connectivity index (χ1) is 10.4. The third kappa shape index (κ3) is 3.72. The molecule has 22 heavy (non-hydrogen) atoms. The highest BCUT2D eigenvalue weighted by molar-refractivity contribution is 6.42. The minimum Gasteiger partial charge on any atom is -0.480 e. The van der Waals surface area contributed by atoms with Crippen molar-refractivity contribution in [2.24, 2.45) is 0 Å². The Hall–Kier alpha value is -1.30. The van der Waals surface area contributed by atoms with E-state index in [0.29, 0.717) is 35.1 Å². The van der Waals surface area contributed by atoms with Crippen molar-refractivity contribution in [3.8, 4) is 0 Å². The van der Waals surface area contributed by atoms with E-state index in [2.05, 4.69) is 5.32 Å². The highest BCUT2D eigenvalue weighted by Gasteiger charge is 2.35. The summed E-state index contributed by atoms with van der Waals surface area (Å²) in [4.78, 5) is 25.3. The molecule has 120 valence electrons. The number of carboxylic acid groups (broad SMARTS) is 1. The zero-order valence-electron chi connectivity index (χ0n) is 12.2. The first kappa shape index (κ1) is 17.1. The molecule has 1 aliphatic rings. The van der Waals surface area contributed by atoms with Crippen LogP contribution in [-0.4, -0.2) is 35.6 Å². The summed E-state index contributed by atoms with van der Waals surface area (Å²) in [5, 5.41) is 12.9. The van der Waals surface area contributed by atoms with Gasteiger partial charge < -0.3 is 10.0 Å². The number of nitrogens with zero attached hydrogens (tertiary/aromatic N) is 1. The number of benzene rings is 1. The van der Waals surface area contributed by atoms with Crippen molar-refractivity contribution in [1.29, 1.82) is 0 Å². The van der Waals surface area contributed by atoms with Gasteiger partial charge in [-0.05, 0) is 31.0 Å². The number of carbonyl (C=O) groups excluding carboxylic acids is 1. The van der Waals surface area contributed by atoms with Crippen molar-refractivity contribution in [1.82, 2.24) is 5.32 Å². The number of nitrogens with one attached hydrogen (secondary N) is 1. The van der Waals surface area contributed by atoms with E-state index in [9.17, 15) is 14.7 Å². The molecule has 1 fully saturated rings. The molecule has 0 aliphatic carbocycles. The van der Waals surface area contributed by atoms with Crippen LogP contribution in [0.5, 0.6) is 0 Å². The Morgan fingerprint density at radius 3 is 2.77 bits per heavy atom. The molecule has 0 saturated carbocycles. The van der Waals surface area contributed by atoms with E-state index in [0.717, 1.165) is 6.42 Å². The predicted octanol–water partition coefficient (Wildman–Crippen LogP) is 2.94. The van der Waals surface area contributed by atoms with E-state index in [-0.39, 0.29) is 5.91 Å². The molecule has 0 bridgehead atoms. The van der Waals surface area contributed by atoms with Crippen LogP contribution in [0.3, 0.4) is 0 Å². The maximum Gasteiger partial charge on any atom is 0.320 e. The topological polar surface area (TPSA) is 69.6 Å². The zero-order chi connectivity index (χ0) is 16.3. The summed E-state index contributed by atoms with van der Waals surface area (Å²) in [7, 11) is 0. The maximum absolute atomic E-state index is 12.5. The van der Waals surface area contributed by atoms with Crippen LogP contribution in [0.15, 0.2) is 18.2 Å². The largest absolute Gasteiger partial charge is 0.480 e. The molecule has 0 radical (unpaired) electrons. The van der Waals surface area contributed by atoms with Crippen molar-refractivity contribution in [3.05, 3.63) is 28.2 Å². The van der Waals surface area contributed by atoms with Gasteiger partial charge in [0.05, 0.1) is 16.1 Å². The number of amides is 1. The Bertz CT molecular complexity index is 580. The molecule has 2 unspecified atom stereocenters. The number of rotatable bonds is 6. The fourth-order valence-electron chi connectivity index (χ4n) is 2.55. The van der Waals surface area contributed by atoms with E-state index in [1.807, 2.05) is 6.92 Å². The second-order valence-electron chi connectivity index (χ2n) is 5.28. The van der Waals surface area contributed by atoms with E-state index in [1.165, 1.54) is 0 Å². The number of carboxylic acids is 1. The van der Waals surface area contributed by atoms with Gasteiger partial charge in [0.1, 0.15) is 6.04 Å². The lowest BCUT2D eigenvalue weighted by Gasteiger charge is -2.20. The van der Waals surface area contributed by atoms with Crippen LogP contribution in [-0.2, 0) is 9.59 Å². The number of hydrogen-bond donors (Lipinski definition) is 2. The van der Waals surface area contributed by atoms with Gasteiger partial charge in [0.15, 0.2) is 0 Å². The van der Waals surface area contributed by atoms with Gasteiger partial charge in [-0.2, -0.15) is 0 Å². The average Bonchev–Trinajstić information content (AvgIpc) is 2.83. The molecular weight excluding hydrogens is 327 g/mol. The van der Waals surface area contributed by atoms with Crippen molar-refractivity contribution >= 4 is 40.8 Å². The second kappa shape index (κ2) is 7.31. The minimum absolute atomic E-state index is 0.138. The first-order valence-corrected chi connectivity index (χ1v) is 7.95. The van der Waals surface area contributed by atoms with E-state index >= 15 is 0 Å². The summed E-state index contributed by atoms with van der Waals surface area (Å²) >= 11 is 11.9. The monoisotopic (exact) mass is 344 g/mol. The van der Waals surface area contributed by atoms with Crippen LogP contribution in [0.2, 0.25) is 10.0 Å². The lowest BCUT2D eigenvalue weighted by molar-refractivity contribution is -0.140. The van der Waals surface area contributed by atoms with Crippen LogP contribution >= 0.6 is 23.2 Å². The SMILES string of the molecule is CCCC(NC1CCN(c2ccc(Cl)c(Cl)c2)C1=O)C(=O)O. The molecule has 2 N–H and O–H groups in total. The Balaban J connectivity index is 2.08. The summed E-state index contributed by atoms with van der Waals surface area (Å²) in [5.74, 6) is -1.07. The van der Waals surface area contributed by atoms with Gasteiger partial charge >= 0.3 is 5.97 Å². The normalized spacial score (nSPS) is 19.5. The fraction of sp³-hybridized carbons (Fsp3) is 0.467. The third-order valence-electron chi connectivity index (χ3n) is 3.70. The molecule has 2 rings (SSSR count). The smallest absolute Gasteiger partial charge is 0.320 e. The fourth-order valence-corrected chi connectivity index (χ4v) is 2.85. The Morgan fingerprint density at radius 1 is 1.45 bits per heavy atom. The minimum atomic E-state index is -0.928. The van der Waals surface area contributed by atoms with Gasteiger partial charge in [0.25, 0.3) is 0 Å². The molecule has 1 amide bonds. The summed E-state index contributed by atoms with van der Waals surface area (Å²) in [6.07, 6.45) is 1.79. The third-order valence-corrected chi connectivity index (χ3v) is 4.44. The van der Waals surface area contributed by atoms with Gasteiger partial charge in [-0.3, -0.25) is 14.9 Å². The molecule has 0 aromatic heterocycles. The zero-order valence-corrected chi connectivity index (χ0v) is 13.7. The molecule has 1 heterocycles. The molecule has 1 aromatic rings. The number of aliphatic carboxylic acids is 1. The van der Waals surface area contributed by atoms with Crippen molar-refractivity contribution < 1.29 is 14.7 Å². The number of carbonyl (C=O) groups is 2. The van der Waals surface area contributed by atoms with Crippen LogP contribution in [0.25, 0.3) is 0 Å². The van der Waals surface area contributed by atoms with E-state index < -0.39 is 18.1 Å². The molecule has 5 nitrogen and oxygen atoms in total. The molecule has 1 aromatic carbocycles. The van der Waals surface area contributed by atoms with Gasteiger partial charge in [0.2, 0.25) is 5.91 Å². The second-order valence-corrected chi connectivity index (χ2v) is 6.09. The van der Waals surface area contributed by atoms with Gasteiger partial charge in [-0.25, -0.2) is 0 Å². The van der Waals surface area contributed by atoms with Crippen LogP contribution < -0.4 is 10.2 Å². The Morgan fingerprint density at radius 2 is 2.18 bits per heavy atom. The van der Waals surface area contributed by atoms with Gasteiger partial charge in [0, 0.05) is 12.2 Å². The highest BCUT2D eigenvalue weighted by Crippen LogP contribution is 2.29. The number of anilines is 1. The molecular formula is C15H18Cl2N2O3. The summed E-state index contributed by atoms with van der Waals surface area (Å²) in [6.45, 7) is 2.43. The van der Waals surface area contributed by atoms with Crippen LogP contribution in [0.1, 0.15) is 26.2 Å². The number of halogens is 2. The standard InChI is InChI=1S/C15H18Cl2N2O3/c1-2-3-13(15(21)22)18-12-6-7-19(14(12)20)9-4-5-10(16)11(17)8-9/h4-5,8,12-13,18H,2-3,6-7H2,1H3,(H,21,22). The maximum atomic E-state index is 12.5. The van der Waals surface area contributed by atoms with Gasteiger partial charge in [-0.1, -0.05) is 36.5 Å². The molecule has 1 saturated heterocycles. The predicted molar refractivity (Wildman–Crippen MR) is 86.7 cm³/mol. The first-order valence-electron chi connectivity index (χ1n) is 7.19. The summed E-state index contributed by atoms with van der Waals surface area (Å²) in [6, 6.07) is 3.83. The Labute approximate surface area is 139 Å². The summed E-state index contributed by atoms with van der Waals surface area (Å²) < 4.78 is 0. The van der Waals surface area contributed by atoms with E-state index in [4.69, 9.17) is 23.2 Å². The highest BCUT2D eigenvalue weighted by atomic mass is 35.5. The molecule has 7 heteroatoms. The molecule has 2 atom stereocenters. The average molecular weight is 345 g/mol.